The van der Waals surface area contributed by atoms with Gasteiger partial charge in [-0.05, 0) is 0 Å². The highest BCUT2D eigenvalue weighted by atomic mass is 16.7. The van der Waals surface area contributed by atoms with E-state index in [0.29, 0.717) is 0 Å². The number of hydrogen-bond donors (Lipinski definition) is 3. The summed E-state index contributed by atoms with van der Waals surface area (Å²) in [5.41, 5.74) is 4.93. The van der Waals surface area contributed by atoms with Crippen molar-refractivity contribution in [3.8, 4) is 0 Å². The second kappa shape index (κ2) is 6.81. The zero-order chi connectivity index (χ0) is 9.44. The molecule has 11 heavy (non-hydrogen) atoms. The number of carbonyl (C=O) groups is 1. The van der Waals surface area contributed by atoms with Crippen molar-refractivity contribution in [2.45, 2.75) is 6.92 Å². The maximum atomic E-state index is 9.00. The van der Waals surface area contributed by atoms with Crippen molar-refractivity contribution >= 4 is 11.9 Å². The molecule has 0 aliphatic rings. The molecule has 0 spiro atoms. The number of nitrogens with two attached hydrogens (primary N) is 1. The van der Waals surface area contributed by atoms with Crippen LogP contribution in [0.5, 0.6) is 0 Å². The van der Waals surface area contributed by atoms with Crippen LogP contribution < -0.4 is 5.73 Å². The van der Waals surface area contributed by atoms with Crippen LogP contribution in [0.3, 0.4) is 0 Å². The first-order chi connectivity index (χ1) is 4.91. The number of nitrogens with one attached hydrogen (secondary N) is 1. The predicted octanol–water partition coefficient (Wildman–Crippen LogP) is -0.536. The van der Waals surface area contributed by atoms with Gasteiger partial charge in [0.2, 0.25) is 5.96 Å². The van der Waals surface area contributed by atoms with Gasteiger partial charge in [-0.3, -0.25) is 15.0 Å². The lowest BCUT2D eigenvalue weighted by Crippen LogP contribution is -2.31. The zero-order valence-corrected chi connectivity index (χ0v) is 6.79. The lowest BCUT2D eigenvalue weighted by Gasteiger charge is -2.10. The van der Waals surface area contributed by atoms with Crippen LogP contribution in [0.25, 0.3) is 0 Å². The molecule has 0 aliphatic carbocycles. The number of guanidine groups is 1. The van der Waals surface area contributed by atoms with E-state index in [9.17, 15) is 0 Å². The van der Waals surface area contributed by atoms with Gasteiger partial charge in [-0.1, -0.05) is 0 Å². The summed E-state index contributed by atoms with van der Waals surface area (Å²) in [6.45, 7) is 1.08. The number of rotatable bonds is 1. The van der Waals surface area contributed by atoms with E-state index in [1.165, 1.54) is 7.11 Å². The molecule has 0 heterocycles. The molecule has 66 valence electrons. The van der Waals surface area contributed by atoms with E-state index in [4.69, 9.17) is 21.0 Å². The average molecular weight is 163 g/mol. The third-order valence-corrected chi connectivity index (χ3v) is 0.613. The largest absolute Gasteiger partial charge is 0.481 e. The fourth-order valence-corrected chi connectivity index (χ4v) is 0.0983. The van der Waals surface area contributed by atoms with Crippen LogP contribution in [0.15, 0.2) is 0 Å². The second-order valence-corrected chi connectivity index (χ2v) is 1.58. The van der Waals surface area contributed by atoms with Gasteiger partial charge in [0.1, 0.15) is 0 Å². The predicted molar refractivity (Wildman–Crippen MR) is 40.0 cm³/mol. The minimum Gasteiger partial charge on any atom is -0.481 e. The highest BCUT2D eigenvalue weighted by molar-refractivity contribution is 5.72. The summed E-state index contributed by atoms with van der Waals surface area (Å²) in [5, 5.41) is 15.2. The third-order valence-electron chi connectivity index (χ3n) is 0.613. The van der Waals surface area contributed by atoms with Gasteiger partial charge in [0, 0.05) is 14.0 Å². The molecule has 6 heteroatoms. The summed E-state index contributed by atoms with van der Waals surface area (Å²) in [6.07, 6.45) is 0. The van der Waals surface area contributed by atoms with Gasteiger partial charge < -0.3 is 10.8 Å². The van der Waals surface area contributed by atoms with Crippen LogP contribution in [-0.2, 0) is 9.63 Å². The minimum atomic E-state index is -0.833. The van der Waals surface area contributed by atoms with Crippen LogP contribution in [0.1, 0.15) is 6.92 Å². The Labute approximate surface area is 65.0 Å². The molecule has 0 unspecified atom stereocenters. The molecule has 4 N–H and O–H groups in total. The van der Waals surface area contributed by atoms with Gasteiger partial charge in [-0.25, -0.2) is 5.06 Å². The van der Waals surface area contributed by atoms with Gasteiger partial charge >= 0.3 is 0 Å². The summed E-state index contributed by atoms with van der Waals surface area (Å²) in [6, 6.07) is 0. The van der Waals surface area contributed by atoms with Crippen molar-refractivity contribution in [3.63, 3.8) is 0 Å². The zero-order valence-electron chi connectivity index (χ0n) is 6.79. The number of hydroxylamine groups is 2. The van der Waals surface area contributed by atoms with Crippen molar-refractivity contribution in [1.82, 2.24) is 5.06 Å². The smallest absolute Gasteiger partial charge is 0.300 e. The second-order valence-electron chi connectivity index (χ2n) is 1.58. The lowest BCUT2D eigenvalue weighted by atomic mass is 10.9. The Morgan fingerprint density at radius 3 is 2.00 bits per heavy atom. The van der Waals surface area contributed by atoms with E-state index in [1.807, 2.05) is 0 Å². The summed E-state index contributed by atoms with van der Waals surface area (Å²) in [7, 11) is 3.00. The number of nitrogens with zero attached hydrogens (tertiary/aromatic N) is 1. The molecule has 0 bridgehead atoms. The van der Waals surface area contributed by atoms with Crippen molar-refractivity contribution in [2.75, 3.05) is 14.2 Å². The molecule has 0 radical (unpaired) electrons. The van der Waals surface area contributed by atoms with Gasteiger partial charge in [-0.15, -0.1) is 0 Å². The summed E-state index contributed by atoms with van der Waals surface area (Å²) in [5.74, 6) is -0.928. The Balaban J connectivity index is 0. The van der Waals surface area contributed by atoms with E-state index < -0.39 is 5.97 Å². The minimum absolute atomic E-state index is 0.0949. The Hall–Kier alpha value is -1.30. The van der Waals surface area contributed by atoms with Gasteiger partial charge in [-0.2, -0.15) is 0 Å². The topological polar surface area (TPSA) is 99.6 Å². The fraction of sp³-hybridized carbons (Fsp3) is 0.600. The number of hydrogen-bond acceptors (Lipinski definition) is 3. The van der Waals surface area contributed by atoms with E-state index in [-0.39, 0.29) is 5.96 Å². The monoisotopic (exact) mass is 163 g/mol. The molecule has 0 saturated heterocycles. The maximum absolute atomic E-state index is 9.00. The summed E-state index contributed by atoms with van der Waals surface area (Å²) >= 11 is 0. The summed E-state index contributed by atoms with van der Waals surface area (Å²) in [4.78, 5) is 13.5. The molecule has 0 amide bonds. The van der Waals surface area contributed by atoms with Gasteiger partial charge in [0.15, 0.2) is 0 Å². The van der Waals surface area contributed by atoms with Crippen molar-refractivity contribution < 1.29 is 14.7 Å². The first-order valence-corrected chi connectivity index (χ1v) is 2.73. The molecule has 0 saturated carbocycles. The Bertz CT molecular complexity index is 133. The quantitative estimate of drug-likeness (QED) is 0.274. The maximum Gasteiger partial charge on any atom is 0.300 e. The van der Waals surface area contributed by atoms with Crippen LogP contribution in [0, 0.1) is 5.41 Å². The van der Waals surface area contributed by atoms with Gasteiger partial charge in [0.05, 0.1) is 7.11 Å². The van der Waals surface area contributed by atoms with E-state index in [2.05, 4.69) is 4.84 Å². The molecule has 0 atom stereocenters. The Morgan fingerprint density at radius 2 is 2.00 bits per heavy atom. The van der Waals surface area contributed by atoms with Crippen LogP contribution in [-0.4, -0.2) is 36.3 Å². The first kappa shape index (κ1) is 12.4. The molecule has 0 aliphatic heterocycles. The lowest BCUT2D eigenvalue weighted by molar-refractivity contribution is -0.134. The van der Waals surface area contributed by atoms with E-state index in [0.717, 1.165) is 12.0 Å². The molecular weight excluding hydrogens is 150 g/mol. The van der Waals surface area contributed by atoms with Crippen molar-refractivity contribution in [2.24, 2.45) is 5.73 Å². The van der Waals surface area contributed by atoms with Crippen molar-refractivity contribution in [1.29, 1.82) is 5.41 Å². The van der Waals surface area contributed by atoms with E-state index in [1.54, 1.807) is 7.05 Å². The van der Waals surface area contributed by atoms with Crippen LogP contribution in [0.2, 0.25) is 0 Å². The number of carboxylic acids is 1. The molecule has 0 aromatic carbocycles. The van der Waals surface area contributed by atoms with Gasteiger partial charge in [0.25, 0.3) is 5.97 Å². The van der Waals surface area contributed by atoms with Crippen LogP contribution in [0.4, 0.5) is 0 Å². The average Bonchev–Trinajstić information content (AvgIpc) is 1.85. The van der Waals surface area contributed by atoms with E-state index >= 15 is 0 Å². The Morgan fingerprint density at radius 1 is 1.73 bits per heavy atom. The third kappa shape index (κ3) is 17.7. The Kier molecular flexibility index (Phi) is 7.67. The molecule has 0 rings (SSSR count). The fourth-order valence-electron chi connectivity index (χ4n) is 0.0983. The number of carboxylic acid groups (broad SMARTS) is 1. The molecular formula is C5H13N3O3. The van der Waals surface area contributed by atoms with Crippen LogP contribution >= 0.6 is 0 Å². The highest BCUT2D eigenvalue weighted by Gasteiger charge is 1.91. The SMILES string of the molecule is CC(=O)O.CON(C)C(=N)N. The molecule has 6 nitrogen and oxygen atoms in total. The molecule has 0 aromatic rings. The first-order valence-electron chi connectivity index (χ1n) is 2.73. The summed E-state index contributed by atoms with van der Waals surface area (Å²) < 4.78 is 0. The highest BCUT2D eigenvalue weighted by Crippen LogP contribution is 1.73. The standard InChI is InChI=1S/C3H9N3O.C2H4O2/c1-6(7-2)3(4)5;1-2(3)4/h1-2H3,(H3,4,5);1H3,(H,3,4). The number of aliphatic carboxylic acids is 1. The van der Waals surface area contributed by atoms with Crippen molar-refractivity contribution in [3.05, 3.63) is 0 Å². The normalized spacial score (nSPS) is 7.55. The molecule has 0 aromatic heterocycles. The molecule has 0 fully saturated rings.